The number of amides is 2. The second kappa shape index (κ2) is 7.66. The molecule has 2 fully saturated rings. The SMILES string of the molecule is CCOc1ccccc1N1CC(C(=O)N[C@H]2CCCNC2)CC1=O. The van der Waals surface area contributed by atoms with Crippen molar-refractivity contribution < 1.29 is 14.3 Å². The maximum Gasteiger partial charge on any atom is 0.227 e. The molecule has 2 heterocycles. The van der Waals surface area contributed by atoms with Crippen LogP contribution in [0.4, 0.5) is 5.69 Å². The molecule has 0 saturated carbocycles. The van der Waals surface area contributed by atoms with Gasteiger partial charge in [0.05, 0.1) is 18.2 Å². The van der Waals surface area contributed by atoms with Crippen LogP contribution in [-0.4, -0.2) is 44.1 Å². The Balaban J connectivity index is 1.66. The third-order valence-corrected chi connectivity index (χ3v) is 4.59. The van der Waals surface area contributed by atoms with Crippen molar-refractivity contribution in [1.82, 2.24) is 10.6 Å². The Kier molecular flexibility index (Phi) is 5.35. The van der Waals surface area contributed by atoms with Gasteiger partial charge >= 0.3 is 0 Å². The van der Waals surface area contributed by atoms with Crippen LogP contribution < -0.4 is 20.3 Å². The van der Waals surface area contributed by atoms with Gasteiger partial charge in [0.25, 0.3) is 0 Å². The van der Waals surface area contributed by atoms with Crippen LogP contribution in [0.5, 0.6) is 5.75 Å². The average Bonchev–Trinajstić information content (AvgIpc) is 2.98. The summed E-state index contributed by atoms with van der Waals surface area (Å²) < 4.78 is 5.61. The molecule has 6 heteroatoms. The van der Waals surface area contributed by atoms with Crippen molar-refractivity contribution >= 4 is 17.5 Å². The molecule has 2 aliphatic rings. The van der Waals surface area contributed by atoms with Crippen LogP contribution >= 0.6 is 0 Å². The van der Waals surface area contributed by atoms with Gasteiger partial charge in [-0.25, -0.2) is 0 Å². The number of hydrogen-bond acceptors (Lipinski definition) is 4. The van der Waals surface area contributed by atoms with Crippen molar-refractivity contribution in [2.45, 2.75) is 32.2 Å². The zero-order chi connectivity index (χ0) is 16.9. The van der Waals surface area contributed by atoms with Crippen molar-refractivity contribution in [2.24, 2.45) is 5.92 Å². The lowest BCUT2D eigenvalue weighted by Crippen LogP contribution is -2.47. The third kappa shape index (κ3) is 3.70. The summed E-state index contributed by atoms with van der Waals surface area (Å²) in [6.45, 7) is 4.68. The Morgan fingerprint density at radius 3 is 3.00 bits per heavy atom. The molecule has 0 bridgehead atoms. The molecule has 2 amide bonds. The monoisotopic (exact) mass is 331 g/mol. The van der Waals surface area contributed by atoms with Crippen LogP contribution in [0.1, 0.15) is 26.2 Å². The first-order valence-electron chi connectivity index (χ1n) is 8.72. The van der Waals surface area contributed by atoms with E-state index in [-0.39, 0.29) is 30.2 Å². The molecule has 1 unspecified atom stereocenters. The van der Waals surface area contributed by atoms with E-state index in [0.717, 1.165) is 31.6 Å². The molecule has 2 atom stereocenters. The Bertz CT molecular complexity index is 599. The number of benzene rings is 1. The summed E-state index contributed by atoms with van der Waals surface area (Å²) in [6, 6.07) is 7.66. The van der Waals surface area contributed by atoms with E-state index in [2.05, 4.69) is 10.6 Å². The number of piperidine rings is 1. The maximum absolute atomic E-state index is 12.5. The minimum absolute atomic E-state index is 0.0200. The topological polar surface area (TPSA) is 70.7 Å². The number of ether oxygens (including phenoxy) is 1. The van der Waals surface area contributed by atoms with Crippen molar-refractivity contribution in [3.63, 3.8) is 0 Å². The molecule has 2 N–H and O–H groups in total. The third-order valence-electron chi connectivity index (χ3n) is 4.59. The van der Waals surface area contributed by atoms with Gasteiger partial charge in [-0.1, -0.05) is 12.1 Å². The number of para-hydroxylation sites is 2. The molecule has 3 rings (SSSR count). The minimum atomic E-state index is -0.297. The zero-order valence-electron chi connectivity index (χ0n) is 14.1. The van der Waals surface area contributed by atoms with Crippen molar-refractivity contribution in [2.75, 3.05) is 31.1 Å². The van der Waals surface area contributed by atoms with Gasteiger partial charge in [-0.15, -0.1) is 0 Å². The lowest BCUT2D eigenvalue weighted by Gasteiger charge is -2.25. The molecule has 130 valence electrons. The lowest BCUT2D eigenvalue weighted by molar-refractivity contribution is -0.127. The highest BCUT2D eigenvalue weighted by atomic mass is 16.5. The van der Waals surface area contributed by atoms with Crippen LogP contribution in [0.25, 0.3) is 0 Å². The number of nitrogens with zero attached hydrogens (tertiary/aromatic N) is 1. The molecule has 0 aromatic heterocycles. The summed E-state index contributed by atoms with van der Waals surface area (Å²) in [6.07, 6.45) is 2.32. The summed E-state index contributed by atoms with van der Waals surface area (Å²) in [5.74, 6) is 0.345. The van der Waals surface area contributed by atoms with Gasteiger partial charge in [0, 0.05) is 25.6 Å². The summed E-state index contributed by atoms with van der Waals surface area (Å²) in [7, 11) is 0. The number of carbonyl (C=O) groups is 2. The van der Waals surface area contributed by atoms with Crippen LogP contribution in [0, 0.1) is 5.92 Å². The van der Waals surface area contributed by atoms with Gasteiger partial charge in [-0.3, -0.25) is 9.59 Å². The van der Waals surface area contributed by atoms with E-state index in [1.807, 2.05) is 31.2 Å². The highest BCUT2D eigenvalue weighted by molar-refractivity contribution is 6.01. The molecule has 1 aromatic rings. The Labute approximate surface area is 142 Å². The van der Waals surface area contributed by atoms with Crippen LogP contribution in [0.2, 0.25) is 0 Å². The van der Waals surface area contributed by atoms with Gasteiger partial charge in [0.1, 0.15) is 5.75 Å². The summed E-state index contributed by atoms with van der Waals surface area (Å²) in [5, 5.41) is 6.37. The van der Waals surface area contributed by atoms with Crippen LogP contribution in [0.3, 0.4) is 0 Å². The molecule has 0 radical (unpaired) electrons. The second-order valence-electron chi connectivity index (χ2n) is 6.36. The minimum Gasteiger partial charge on any atom is -0.492 e. The quantitative estimate of drug-likeness (QED) is 0.853. The van der Waals surface area contributed by atoms with E-state index in [0.29, 0.717) is 18.9 Å². The molecular formula is C18H25N3O3. The smallest absolute Gasteiger partial charge is 0.227 e. The number of carbonyl (C=O) groups excluding carboxylic acids is 2. The molecule has 2 saturated heterocycles. The maximum atomic E-state index is 12.5. The molecule has 1 aromatic carbocycles. The normalized spacial score (nSPS) is 24.0. The molecule has 24 heavy (non-hydrogen) atoms. The van der Waals surface area contributed by atoms with Crippen LogP contribution in [0.15, 0.2) is 24.3 Å². The Morgan fingerprint density at radius 1 is 1.42 bits per heavy atom. The van der Waals surface area contributed by atoms with Crippen molar-refractivity contribution in [3.05, 3.63) is 24.3 Å². The van der Waals surface area contributed by atoms with Crippen LogP contribution in [-0.2, 0) is 9.59 Å². The summed E-state index contributed by atoms with van der Waals surface area (Å²) in [4.78, 5) is 26.6. The largest absolute Gasteiger partial charge is 0.492 e. The first-order chi connectivity index (χ1) is 11.7. The Hall–Kier alpha value is -2.08. The first kappa shape index (κ1) is 16.8. The van der Waals surface area contributed by atoms with Crippen molar-refractivity contribution in [3.8, 4) is 5.75 Å². The fourth-order valence-electron chi connectivity index (χ4n) is 3.37. The van der Waals surface area contributed by atoms with Gasteiger partial charge in [-0.05, 0) is 38.4 Å². The molecular weight excluding hydrogens is 306 g/mol. The lowest BCUT2D eigenvalue weighted by atomic mass is 10.0. The highest BCUT2D eigenvalue weighted by Crippen LogP contribution is 2.33. The molecule has 0 spiro atoms. The van der Waals surface area contributed by atoms with E-state index in [4.69, 9.17) is 4.74 Å². The summed E-state index contributed by atoms with van der Waals surface area (Å²) >= 11 is 0. The summed E-state index contributed by atoms with van der Waals surface area (Å²) in [5.41, 5.74) is 0.749. The number of hydrogen-bond donors (Lipinski definition) is 2. The van der Waals surface area contributed by atoms with E-state index >= 15 is 0 Å². The molecule has 6 nitrogen and oxygen atoms in total. The number of anilines is 1. The first-order valence-corrected chi connectivity index (χ1v) is 8.72. The van der Waals surface area contributed by atoms with Gasteiger partial charge in [0.15, 0.2) is 0 Å². The molecule has 0 aliphatic carbocycles. The number of rotatable bonds is 5. The van der Waals surface area contributed by atoms with Gasteiger partial charge < -0.3 is 20.3 Å². The average molecular weight is 331 g/mol. The van der Waals surface area contributed by atoms with Crippen molar-refractivity contribution in [1.29, 1.82) is 0 Å². The fourth-order valence-corrected chi connectivity index (χ4v) is 3.37. The standard InChI is InChI=1S/C18H25N3O3/c1-2-24-16-8-4-3-7-15(16)21-12-13(10-17(21)22)18(23)20-14-6-5-9-19-11-14/h3-4,7-8,13-14,19H,2,5-6,9-12H2,1H3,(H,20,23)/t13?,14-/m0/s1. The molecule has 2 aliphatic heterocycles. The fraction of sp³-hybridized carbons (Fsp3) is 0.556. The van der Waals surface area contributed by atoms with E-state index in [9.17, 15) is 9.59 Å². The van der Waals surface area contributed by atoms with Gasteiger partial charge in [0.2, 0.25) is 11.8 Å². The predicted octanol–water partition coefficient (Wildman–Crippen LogP) is 1.31. The van der Waals surface area contributed by atoms with E-state index in [1.54, 1.807) is 4.90 Å². The highest BCUT2D eigenvalue weighted by Gasteiger charge is 2.36. The predicted molar refractivity (Wildman–Crippen MR) is 92.1 cm³/mol. The van der Waals surface area contributed by atoms with Gasteiger partial charge in [-0.2, -0.15) is 0 Å². The number of nitrogens with one attached hydrogen (secondary N) is 2. The second-order valence-corrected chi connectivity index (χ2v) is 6.36. The van der Waals surface area contributed by atoms with E-state index in [1.165, 1.54) is 0 Å². The van der Waals surface area contributed by atoms with E-state index < -0.39 is 0 Å². The zero-order valence-corrected chi connectivity index (χ0v) is 14.1. The Morgan fingerprint density at radius 2 is 2.25 bits per heavy atom.